The van der Waals surface area contributed by atoms with Crippen LogP contribution in [-0.4, -0.2) is 40.3 Å². The highest BCUT2D eigenvalue weighted by molar-refractivity contribution is 5.88. The van der Waals surface area contributed by atoms with Gasteiger partial charge in [0.05, 0.1) is 6.10 Å². The first-order valence-corrected chi connectivity index (χ1v) is 8.39. The number of nitrogens with two attached hydrogens (primary N) is 1. The molecule has 1 heterocycles. The van der Waals surface area contributed by atoms with E-state index in [1.54, 1.807) is 6.20 Å². The van der Waals surface area contributed by atoms with Gasteiger partial charge in [-0.15, -0.1) is 24.8 Å². The molecule has 0 radical (unpaired) electrons. The number of aromatic nitrogens is 2. The van der Waals surface area contributed by atoms with Crippen LogP contribution in [0.4, 0.5) is 0 Å². The van der Waals surface area contributed by atoms with Crippen molar-refractivity contribution in [2.24, 2.45) is 17.1 Å². The standard InChI is InChI=1S/C17H30N4O2.2ClH/c1-6-23-14-9-17(18,16(14,4)5)15(22)20-10-12(2)11-21-8-7-19-13(21)3;;/h7-8,12,14H,6,9-11,18H2,1-5H3,(H,20,22);2*1H. The molecule has 1 saturated carbocycles. The van der Waals surface area contributed by atoms with Crippen LogP contribution in [-0.2, 0) is 16.1 Å². The van der Waals surface area contributed by atoms with E-state index in [4.69, 9.17) is 10.5 Å². The highest BCUT2D eigenvalue weighted by Gasteiger charge is 2.62. The number of amides is 1. The van der Waals surface area contributed by atoms with Crippen LogP contribution in [0.15, 0.2) is 12.4 Å². The molecule has 0 spiro atoms. The molecule has 1 aliphatic carbocycles. The second-order valence-electron chi connectivity index (χ2n) is 7.28. The number of carbonyl (C=O) groups is 1. The van der Waals surface area contributed by atoms with Crippen LogP contribution in [0.1, 0.15) is 39.9 Å². The van der Waals surface area contributed by atoms with E-state index in [0.29, 0.717) is 25.5 Å². The number of imidazole rings is 1. The van der Waals surface area contributed by atoms with Crippen molar-refractivity contribution in [2.45, 2.75) is 59.2 Å². The van der Waals surface area contributed by atoms with Crippen molar-refractivity contribution in [3.63, 3.8) is 0 Å². The quantitative estimate of drug-likeness (QED) is 0.743. The molecule has 1 aromatic rings. The van der Waals surface area contributed by atoms with Crippen LogP contribution >= 0.6 is 24.8 Å². The molecule has 6 nitrogen and oxygen atoms in total. The number of nitrogens with one attached hydrogen (secondary N) is 1. The summed E-state index contributed by atoms with van der Waals surface area (Å²) in [5.74, 6) is 1.21. The average Bonchev–Trinajstić information content (AvgIpc) is 2.89. The molecule has 3 atom stereocenters. The number of carbonyl (C=O) groups excluding carboxylic acids is 1. The molecule has 0 aromatic carbocycles. The van der Waals surface area contributed by atoms with Gasteiger partial charge in [-0.05, 0) is 19.8 Å². The monoisotopic (exact) mass is 394 g/mol. The van der Waals surface area contributed by atoms with E-state index in [2.05, 4.69) is 21.8 Å². The van der Waals surface area contributed by atoms with E-state index in [1.807, 2.05) is 33.9 Å². The highest BCUT2D eigenvalue weighted by Crippen LogP contribution is 2.49. The van der Waals surface area contributed by atoms with Crippen molar-refractivity contribution in [1.82, 2.24) is 14.9 Å². The lowest BCUT2D eigenvalue weighted by Crippen LogP contribution is -2.75. The van der Waals surface area contributed by atoms with Gasteiger partial charge in [-0.1, -0.05) is 20.8 Å². The van der Waals surface area contributed by atoms with Gasteiger partial charge in [0, 0.05) is 43.9 Å². The maximum absolute atomic E-state index is 12.6. The molecule has 1 aromatic heterocycles. The fourth-order valence-corrected chi connectivity index (χ4v) is 3.24. The van der Waals surface area contributed by atoms with Crippen molar-refractivity contribution in [1.29, 1.82) is 0 Å². The normalized spacial score (nSPS) is 25.1. The molecular weight excluding hydrogens is 363 g/mol. The van der Waals surface area contributed by atoms with Crippen molar-refractivity contribution in [3.05, 3.63) is 18.2 Å². The summed E-state index contributed by atoms with van der Waals surface area (Å²) < 4.78 is 7.77. The second-order valence-corrected chi connectivity index (χ2v) is 7.28. The van der Waals surface area contributed by atoms with E-state index in [0.717, 1.165) is 12.4 Å². The molecule has 1 amide bonds. The van der Waals surface area contributed by atoms with E-state index in [9.17, 15) is 4.79 Å². The minimum atomic E-state index is -0.850. The first-order valence-electron chi connectivity index (χ1n) is 8.39. The van der Waals surface area contributed by atoms with Crippen LogP contribution in [0.5, 0.6) is 0 Å². The van der Waals surface area contributed by atoms with Gasteiger partial charge in [0.15, 0.2) is 0 Å². The Kier molecular flexibility index (Phi) is 8.91. The van der Waals surface area contributed by atoms with Crippen molar-refractivity contribution >= 4 is 30.7 Å². The zero-order valence-electron chi connectivity index (χ0n) is 15.7. The lowest BCUT2D eigenvalue weighted by molar-refractivity contribution is -0.170. The molecule has 1 aliphatic rings. The molecule has 0 saturated heterocycles. The molecule has 146 valence electrons. The van der Waals surface area contributed by atoms with Gasteiger partial charge < -0.3 is 20.4 Å². The summed E-state index contributed by atoms with van der Waals surface area (Å²) in [5, 5.41) is 3.02. The maximum atomic E-state index is 12.6. The molecule has 3 N–H and O–H groups in total. The van der Waals surface area contributed by atoms with Crippen LogP contribution in [0.25, 0.3) is 0 Å². The largest absolute Gasteiger partial charge is 0.378 e. The van der Waals surface area contributed by atoms with Gasteiger partial charge in [-0.2, -0.15) is 0 Å². The molecule has 1 fully saturated rings. The zero-order valence-corrected chi connectivity index (χ0v) is 17.4. The van der Waals surface area contributed by atoms with Crippen LogP contribution in [0.2, 0.25) is 0 Å². The van der Waals surface area contributed by atoms with E-state index in [-0.39, 0.29) is 42.2 Å². The van der Waals surface area contributed by atoms with Crippen LogP contribution in [0.3, 0.4) is 0 Å². The van der Waals surface area contributed by atoms with Gasteiger partial charge in [0.1, 0.15) is 11.4 Å². The minimum Gasteiger partial charge on any atom is -0.378 e. The molecule has 2 rings (SSSR count). The molecule has 8 heteroatoms. The summed E-state index contributed by atoms with van der Waals surface area (Å²) in [4.78, 5) is 16.8. The third-order valence-corrected chi connectivity index (χ3v) is 5.28. The van der Waals surface area contributed by atoms with E-state index in [1.165, 1.54) is 0 Å². The Hall–Kier alpha value is -0.820. The Morgan fingerprint density at radius 3 is 2.64 bits per heavy atom. The van der Waals surface area contributed by atoms with Crippen molar-refractivity contribution < 1.29 is 9.53 Å². The molecule has 3 unspecified atom stereocenters. The Morgan fingerprint density at radius 2 is 2.16 bits per heavy atom. The van der Waals surface area contributed by atoms with Gasteiger partial charge in [0.2, 0.25) is 5.91 Å². The Balaban J connectivity index is 0.00000288. The summed E-state index contributed by atoms with van der Waals surface area (Å²) >= 11 is 0. The number of halogens is 2. The topological polar surface area (TPSA) is 82.2 Å². The average molecular weight is 395 g/mol. The third kappa shape index (κ3) is 4.67. The Morgan fingerprint density at radius 1 is 1.52 bits per heavy atom. The maximum Gasteiger partial charge on any atom is 0.240 e. The van der Waals surface area contributed by atoms with Crippen molar-refractivity contribution in [3.8, 4) is 0 Å². The minimum absolute atomic E-state index is 0. The summed E-state index contributed by atoms with van der Waals surface area (Å²) in [5.41, 5.74) is 5.18. The van der Waals surface area contributed by atoms with Crippen molar-refractivity contribution in [2.75, 3.05) is 13.2 Å². The van der Waals surface area contributed by atoms with E-state index >= 15 is 0 Å². The summed E-state index contributed by atoms with van der Waals surface area (Å²) in [6.07, 6.45) is 4.38. The third-order valence-electron chi connectivity index (χ3n) is 5.28. The van der Waals surface area contributed by atoms with Gasteiger partial charge in [0.25, 0.3) is 0 Å². The SMILES string of the molecule is CCOC1CC(N)(C(=O)NCC(C)Cn2ccnc2C)C1(C)C.Cl.Cl. The first-order chi connectivity index (χ1) is 10.7. The summed E-state index contributed by atoms with van der Waals surface area (Å²) in [6.45, 7) is 12.1. The Bertz CT molecular complexity index is 565. The van der Waals surface area contributed by atoms with Gasteiger partial charge in [-0.3, -0.25) is 4.79 Å². The predicted molar refractivity (Wildman–Crippen MR) is 104 cm³/mol. The van der Waals surface area contributed by atoms with Gasteiger partial charge >= 0.3 is 0 Å². The second kappa shape index (κ2) is 9.21. The van der Waals surface area contributed by atoms with Gasteiger partial charge in [-0.25, -0.2) is 4.98 Å². The Labute approximate surface area is 163 Å². The number of rotatable bonds is 7. The number of aryl methyl sites for hydroxylation is 1. The molecule has 0 bridgehead atoms. The van der Waals surface area contributed by atoms with Crippen LogP contribution in [0, 0.1) is 18.3 Å². The smallest absolute Gasteiger partial charge is 0.240 e. The number of hydrogen-bond acceptors (Lipinski definition) is 4. The molecule has 25 heavy (non-hydrogen) atoms. The summed E-state index contributed by atoms with van der Waals surface area (Å²) in [6, 6.07) is 0. The fraction of sp³-hybridized carbons (Fsp3) is 0.765. The lowest BCUT2D eigenvalue weighted by Gasteiger charge is -2.57. The first kappa shape index (κ1) is 24.2. The number of nitrogens with zero attached hydrogens (tertiary/aromatic N) is 2. The fourth-order valence-electron chi connectivity index (χ4n) is 3.24. The number of hydrogen-bond donors (Lipinski definition) is 2. The zero-order chi connectivity index (χ0) is 17.3. The molecule has 0 aliphatic heterocycles. The molecular formula is C17H32Cl2N4O2. The van der Waals surface area contributed by atoms with Crippen LogP contribution < -0.4 is 11.1 Å². The predicted octanol–water partition coefficient (Wildman–Crippen LogP) is 2.32. The highest BCUT2D eigenvalue weighted by atomic mass is 35.5. The number of ether oxygens (including phenoxy) is 1. The van der Waals surface area contributed by atoms with E-state index < -0.39 is 5.54 Å². The lowest BCUT2D eigenvalue weighted by atomic mass is 9.54. The summed E-state index contributed by atoms with van der Waals surface area (Å²) in [7, 11) is 0.